The van der Waals surface area contributed by atoms with Crippen LogP contribution >= 0.6 is 22.7 Å². The van der Waals surface area contributed by atoms with Crippen molar-refractivity contribution in [2.45, 2.75) is 0 Å². The van der Waals surface area contributed by atoms with Gasteiger partial charge in [-0.15, -0.1) is 22.7 Å². The Morgan fingerprint density at radius 1 is 0.893 bits per heavy atom. The molecular formula is C20H15N3O3S2. The first-order chi connectivity index (χ1) is 13.6. The third-order valence-corrected chi connectivity index (χ3v) is 6.27. The van der Waals surface area contributed by atoms with E-state index >= 15 is 0 Å². The predicted molar refractivity (Wildman–Crippen MR) is 111 cm³/mol. The average molecular weight is 409 g/mol. The fourth-order valence-corrected chi connectivity index (χ4v) is 4.46. The summed E-state index contributed by atoms with van der Waals surface area (Å²) in [5.41, 5.74) is 6.22. The maximum Gasteiger partial charge on any atom is 0.279 e. The Kier molecular flexibility index (Phi) is 5.05. The van der Waals surface area contributed by atoms with Crippen LogP contribution in [0.1, 0.15) is 20.0 Å². The fraction of sp³-hybridized carbons (Fsp3) is 0.0500. The Morgan fingerprint density at radius 3 is 2.39 bits per heavy atom. The number of benzene rings is 2. The van der Waals surface area contributed by atoms with Crippen LogP contribution in [0.25, 0.3) is 20.1 Å². The molecule has 0 aliphatic carbocycles. The molecule has 0 saturated carbocycles. The van der Waals surface area contributed by atoms with Crippen molar-refractivity contribution in [2.75, 3.05) is 7.11 Å². The lowest BCUT2D eigenvalue weighted by Crippen LogP contribution is -2.41. The molecule has 2 heterocycles. The monoisotopic (exact) mass is 409 g/mol. The summed E-state index contributed by atoms with van der Waals surface area (Å²) in [6.07, 6.45) is 0. The standard InChI is InChI=1S/C20H15N3O3S2/c1-26-13-8-6-12(7-9-13)18(24)22-23-19(25)16-10-11-17(27-16)20-21-14-4-2-3-5-15(14)28-20/h2-11H,1H3,(H,22,24)(H,23,25). The molecule has 2 aromatic heterocycles. The van der Waals surface area contributed by atoms with Crippen LogP contribution in [0, 0.1) is 0 Å². The molecule has 0 fully saturated rings. The molecule has 2 amide bonds. The van der Waals surface area contributed by atoms with Crippen molar-refractivity contribution in [3.63, 3.8) is 0 Å². The second-order valence-electron chi connectivity index (χ2n) is 5.79. The number of fused-ring (bicyclic) bond motifs is 1. The number of para-hydroxylation sites is 1. The van der Waals surface area contributed by atoms with Crippen molar-refractivity contribution in [3.8, 4) is 15.6 Å². The first kappa shape index (κ1) is 18.1. The summed E-state index contributed by atoms with van der Waals surface area (Å²) in [4.78, 5) is 30.5. The molecule has 0 bridgehead atoms. The summed E-state index contributed by atoms with van der Waals surface area (Å²) >= 11 is 2.91. The quantitative estimate of drug-likeness (QED) is 0.497. The highest BCUT2D eigenvalue weighted by Gasteiger charge is 2.14. The number of hydrogen-bond donors (Lipinski definition) is 2. The molecule has 0 saturated heterocycles. The van der Waals surface area contributed by atoms with Gasteiger partial charge in [-0.25, -0.2) is 4.98 Å². The number of amides is 2. The van der Waals surface area contributed by atoms with E-state index in [1.807, 2.05) is 30.3 Å². The minimum absolute atomic E-state index is 0.376. The van der Waals surface area contributed by atoms with Gasteiger partial charge in [-0.05, 0) is 48.5 Å². The van der Waals surface area contributed by atoms with E-state index < -0.39 is 5.91 Å². The summed E-state index contributed by atoms with van der Waals surface area (Å²) < 4.78 is 6.16. The number of methoxy groups -OCH3 is 1. The molecule has 2 N–H and O–H groups in total. The maximum absolute atomic E-state index is 12.3. The van der Waals surface area contributed by atoms with Crippen molar-refractivity contribution in [3.05, 3.63) is 71.1 Å². The van der Waals surface area contributed by atoms with Gasteiger partial charge >= 0.3 is 0 Å². The second kappa shape index (κ2) is 7.79. The summed E-state index contributed by atoms with van der Waals surface area (Å²) in [7, 11) is 1.55. The highest BCUT2D eigenvalue weighted by atomic mass is 32.1. The van der Waals surface area contributed by atoms with Crippen molar-refractivity contribution in [1.82, 2.24) is 15.8 Å². The van der Waals surface area contributed by atoms with Crippen LogP contribution in [0.2, 0.25) is 0 Å². The molecule has 0 aliphatic rings. The molecule has 0 aliphatic heterocycles. The number of hydrogen-bond acceptors (Lipinski definition) is 6. The van der Waals surface area contributed by atoms with Crippen molar-refractivity contribution in [2.24, 2.45) is 0 Å². The maximum atomic E-state index is 12.3. The van der Waals surface area contributed by atoms with Crippen LogP contribution in [-0.4, -0.2) is 23.9 Å². The average Bonchev–Trinajstić information content (AvgIpc) is 3.38. The predicted octanol–water partition coefficient (Wildman–Crippen LogP) is 4.11. The highest BCUT2D eigenvalue weighted by molar-refractivity contribution is 7.26. The zero-order chi connectivity index (χ0) is 19.5. The summed E-state index contributed by atoms with van der Waals surface area (Å²) in [5.74, 6) is -0.125. The van der Waals surface area contributed by atoms with Gasteiger partial charge in [0.2, 0.25) is 0 Å². The number of nitrogens with zero attached hydrogens (tertiary/aromatic N) is 1. The topological polar surface area (TPSA) is 80.3 Å². The first-order valence-electron chi connectivity index (χ1n) is 8.34. The van der Waals surface area contributed by atoms with E-state index in [-0.39, 0.29) is 5.91 Å². The van der Waals surface area contributed by atoms with Gasteiger partial charge in [0.1, 0.15) is 10.8 Å². The van der Waals surface area contributed by atoms with Crippen LogP contribution in [-0.2, 0) is 0 Å². The smallest absolute Gasteiger partial charge is 0.279 e. The van der Waals surface area contributed by atoms with E-state index in [9.17, 15) is 9.59 Å². The molecule has 140 valence electrons. The molecule has 0 spiro atoms. The number of aromatic nitrogens is 1. The fourth-order valence-electron chi connectivity index (χ4n) is 2.54. The van der Waals surface area contributed by atoms with E-state index in [0.717, 1.165) is 20.1 Å². The molecular weight excluding hydrogens is 394 g/mol. The Hall–Kier alpha value is -3.23. The molecule has 4 aromatic rings. The Morgan fingerprint density at radius 2 is 1.64 bits per heavy atom. The normalized spacial score (nSPS) is 10.6. The van der Waals surface area contributed by atoms with Gasteiger partial charge in [0.05, 0.1) is 27.1 Å². The minimum Gasteiger partial charge on any atom is -0.497 e. The number of hydrazine groups is 1. The zero-order valence-electron chi connectivity index (χ0n) is 14.8. The van der Waals surface area contributed by atoms with Crippen molar-refractivity contribution < 1.29 is 14.3 Å². The van der Waals surface area contributed by atoms with E-state index in [0.29, 0.717) is 16.2 Å². The zero-order valence-corrected chi connectivity index (χ0v) is 16.4. The summed E-state index contributed by atoms with van der Waals surface area (Å²) in [6, 6.07) is 18.1. The number of nitrogens with one attached hydrogen (secondary N) is 2. The first-order valence-corrected chi connectivity index (χ1v) is 9.98. The highest BCUT2D eigenvalue weighted by Crippen LogP contribution is 2.34. The molecule has 0 atom stereocenters. The lowest BCUT2D eigenvalue weighted by Gasteiger charge is -2.06. The Bertz CT molecular complexity index is 1120. The van der Waals surface area contributed by atoms with Gasteiger partial charge in [0.25, 0.3) is 11.8 Å². The molecule has 2 aromatic carbocycles. The number of ether oxygens (including phenoxy) is 1. The van der Waals surface area contributed by atoms with E-state index in [1.54, 1.807) is 48.8 Å². The largest absolute Gasteiger partial charge is 0.497 e. The van der Waals surface area contributed by atoms with Gasteiger partial charge in [-0.3, -0.25) is 20.4 Å². The van der Waals surface area contributed by atoms with Crippen LogP contribution < -0.4 is 15.6 Å². The third kappa shape index (κ3) is 3.73. The van der Waals surface area contributed by atoms with Gasteiger partial charge < -0.3 is 4.74 Å². The lowest BCUT2D eigenvalue weighted by molar-refractivity contribution is 0.0849. The van der Waals surface area contributed by atoms with E-state index in [4.69, 9.17) is 4.74 Å². The van der Waals surface area contributed by atoms with Crippen LogP contribution in [0.4, 0.5) is 0 Å². The van der Waals surface area contributed by atoms with Gasteiger partial charge in [0, 0.05) is 5.56 Å². The molecule has 4 rings (SSSR count). The molecule has 0 radical (unpaired) electrons. The number of carbonyl (C=O) groups excluding carboxylic acids is 2. The summed E-state index contributed by atoms with van der Waals surface area (Å²) in [5, 5.41) is 0.868. The molecule has 8 heteroatoms. The van der Waals surface area contributed by atoms with Crippen molar-refractivity contribution in [1.29, 1.82) is 0 Å². The van der Waals surface area contributed by atoms with Gasteiger partial charge in [-0.1, -0.05) is 12.1 Å². The number of carbonyl (C=O) groups is 2. The number of rotatable bonds is 4. The van der Waals surface area contributed by atoms with Gasteiger partial charge in [-0.2, -0.15) is 0 Å². The molecule has 6 nitrogen and oxygen atoms in total. The minimum atomic E-state index is -0.404. The molecule has 28 heavy (non-hydrogen) atoms. The molecule has 0 unspecified atom stereocenters. The van der Waals surface area contributed by atoms with Crippen LogP contribution in [0.3, 0.4) is 0 Å². The summed E-state index contributed by atoms with van der Waals surface area (Å²) in [6.45, 7) is 0. The third-order valence-electron chi connectivity index (χ3n) is 3.98. The SMILES string of the molecule is COc1ccc(C(=O)NNC(=O)c2ccc(-c3nc4ccccc4s3)s2)cc1. The lowest BCUT2D eigenvalue weighted by atomic mass is 10.2. The number of thiophene rings is 1. The van der Waals surface area contributed by atoms with E-state index in [2.05, 4.69) is 15.8 Å². The van der Waals surface area contributed by atoms with Gasteiger partial charge in [0.15, 0.2) is 0 Å². The Labute approximate surface area is 168 Å². The Balaban J connectivity index is 1.42. The van der Waals surface area contributed by atoms with E-state index in [1.165, 1.54) is 11.3 Å². The van der Waals surface area contributed by atoms with Crippen molar-refractivity contribution >= 4 is 44.7 Å². The van der Waals surface area contributed by atoms with Crippen LogP contribution in [0.15, 0.2) is 60.7 Å². The van der Waals surface area contributed by atoms with Crippen LogP contribution in [0.5, 0.6) is 5.75 Å². The number of thiazole rings is 1. The second-order valence-corrected chi connectivity index (χ2v) is 7.90.